The van der Waals surface area contributed by atoms with Crippen molar-refractivity contribution in [1.82, 2.24) is 9.80 Å². The van der Waals surface area contributed by atoms with E-state index in [-0.39, 0.29) is 0 Å². The fraction of sp³-hybridized carbons (Fsp3) is 0.556. The standard InChI is InChI=1S/C18H28N2/c1-16(2)9-10-18(17-7-5-4-6-8-17)15-20-13-11-19(3)12-14-20/h4-8,10,16H,9,11-15H2,1-3H3/b18-10-. The van der Waals surface area contributed by atoms with E-state index in [1.165, 1.54) is 37.3 Å². The summed E-state index contributed by atoms with van der Waals surface area (Å²) in [6, 6.07) is 10.9. The molecule has 0 unspecified atom stereocenters. The van der Waals surface area contributed by atoms with Crippen molar-refractivity contribution in [3.05, 3.63) is 42.0 Å². The first-order valence-corrected chi connectivity index (χ1v) is 7.80. The molecule has 0 atom stereocenters. The molecule has 2 heteroatoms. The van der Waals surface area contributed by atoms with Crippen molar-refractivity contribution < 1.29 is 0 Å². The van der Waals surface area contributed by atoms with Gasteiger partial charge in [-0.05, 0) is 30.5 Å². The molecule has 0 aliphatic carbocycles. The van der Waals surface area contributed by atoms with Gasteiger partial charge in [0, 0.05) is 32.7 Å². The minimum atomic E-state index is 0.723. The van der Waals surface area contributed by atoms with Gasteiger partial charge in [-0.15, -0.1) is 0 Å². The highest BCUT2D eigenvalue weighted by molar-refractivity contribution is 5.66. The lowest BCUT2D eigenvalue weighted by molar-refractivity contribution is 0.168. The minimum Gasteiger partial charge on any atom is -0.304 e. The largest absolute Gasteiger partial charge is 0.304 e. The van der Waals surface area contributed by atoms with Crippen LogP contribution in [-0.4, -0.2) is 49.6 Å². The number of rotatable bonds is 5. The topological polar surface area (TPSA) is 6.48 Å². The van der Waals surface area contributed by atoms with E-state index in [2.05, 4.69) is 67.1 Å². The van der Waals surface area contributed by atoms with E-state index in [0.29, 0.717) is 0 Å². The second-order valence-corrected chi connectivity index (χ2v) is 6.30. The molecule has 0 saturated carbocycles. The predicted octanol–water partition coefficient (Wildman–Crippen LogP) is 3.36. The Bertz CT molecular complexity index is 414. The molecule has 1 aliphatic heterocycles. The molecular formula is C18H28N2. The van der Waals surface area contributed by atoms with E-state index >= 15 is 0 Å². The SMILES string of the molecule is CC(C)C/C=C(/CN1CCN(C)CC1)c1ccccc1. The molecule has 1 aliphatic rings. The molecule has 0 spiro atoms. The van der Waals surface area contributed by atoms with Gasteiger partial charge in [0.1, 0.15) is 0 Å². The minimum absolute atomic E-state index is 0.723. The van der Waals surface area contributed by atoms with Gasteiger partial charge in [-0.2, -0.15) is 0 Å². The average Bonchev–Trinajstić information content (AvgIpc) is 2.46. The Kier molecular flexibility index (Phi) is 5.81. The van der Waals surface area contributed by atoms with Crippen LogP contribution in [-0.2, 0) is 0 Å². The summed E-state index contributed by atoms with van der Waals surface area (Å²) in [4.78, 5) is 5.00. The van der Waals surface area contributed by atoms with Gasteiger partial charge in [-0.25, -0.2) is 0 Å². The number of hydrogen-bond acceptors (Lipinski definition) is 2. The molecule has 0 bridgehead atoms. The smallest absolute Gasteiger partial charge is 0.0237 e. The monoisotopic (exact) mass is 272 g/mol. The maximum Gasteiger partial charge on any atom is 0.0237 e. The molecule has 2 rings (SSSR count). The summed E-state index contributed by atoms with van der Waals surface area (Å²) in [5.41, 5.74) is 2.87. The molecule has 20 heavy (non-hydrogen) atoms. The lowest BCUT2D eigenvalue weighted by atomic mass is 10.0. The van der Waals surface area contributed by atoms with Crippen molar-refractivity contribution in [2.75, 3.05) is 39.8 Å². The van der Waals surface area contributed by atoms with Crippen LogP contribution in [0.25, 0.3) is 5.57 Å². The van der Waals surface area contributed by atoms with Crippen LogP contribution in [0.2, 0.25) is 0 Å². The fourth-order valence-corrected chi connectivity index (χ4v) is 2.55. The highest BCUT2D eigenvalue weighted by Gasteiger charge is 2.15. The van der Waals surface area contributed by atoms with E-state index in [0.717, 1.165) is 18.9 Å². The lowest BCUT2D eigenvalue weighted by Gasteiger charge is -2.33. The Labute approximate surface area is 124 Å². The number of allylic oxidation sites excluding steroid dienone is 1. The highest BCUT2D eigenvalue weighted by atomic mass is 15.2. The number of benzene rings is 1. The zero-order chi connectivity index (χ0) is 14.4. The molecule has 0 radical (unpaired) electrons. The highest BCUT2D eigenvalue weighted by Crippen LogP contribution is 2.19. The van der Waals surface area contributed by atoms with Gasteiger partial charge < -0.3 is 4.90 Å². The third-order valence-electron chi connectivity index (χ3n) is 3.97. The Morgan fingerprint density at radius 2 is 1.75 bits per heavy atom. The molecule has 1 aromatic rings. The van der Waals surface area contributed by atoms with Crippen LogP contribution in [0, 0.1) is 5.92 Å². The summed E-state index contributed by atoms with van der Waals surface area (Å²) in [5, 5.41) is 0. The summed E-state index contributed by atoms with van der Waals surface area (Å²) >= 11 is 0. The number of likely N-dealkylation sites (N-methyl/N-ethyl adjacent to an activating group) is 1. The molecule has 1 fully saturated rings. The van der Waals surface area contributed by atoms with Crippen molar-refractivity contribution in [1.29, 1.82) is 0 Å². The van der Waals surface area contributed by atoms with Crippen LogP contribution in [0.4, 0.5) is 0 Å². The maximum atomic E-state index is 2.58. The first kappa shape index (κ1) is 15.3. The number of nitrogens with zero attached hydrogens (tertiary/aromatic N) is 2. The van der Waals surface area contributed by atoms with Crippen LogP contribution in [0.5, 0.6) is 0 Å². The lowest BCUT2D eigenvalue weighted by Crippen LogP contribution is -2.44. The molecule has 1 saturated heterocycles. The third kappa shape index (κ3) is 4.77. The summed E-state index contributed by atoms with van der Waals surface area (Å²) in [6.45, 7) is 10.4. The summed E-state index contributed by atoms with van der Waals surface area (Å²) < 4.78 is 0. The van der Waals surface area contributed by atoms with Crippen LogP contribution in [0.15, 0.2) is 36.4 Å². The van der Waals surface area contributed by atoms with E-state index in [9.17, 15) is 0 Å². The maximum absolute atomic E-state index is 2.58. The van der Waals surface area contributed by atoms with Gasteiger partial charge in [0.25, 0.3) is 0 Å². The summed E-state index contributed by atoms with van der Waals surface area (Å²) in [7, 11) is 2.21. The van der Waals surface area contributed by atoms with Gasteiger partial charge in [0.15, 0.2) is 0 Å². The molecular weight excluding hydrogens is 244 g/mol. The van der Waals surface area contributed by atoms with Crippen molar-refractivity contribution in [3.8, 4) is 0 Å². The molecule has 0 aromatic heterocycles. The Balaban J connectivity index is 2.05. The molecule has 0 amide bonds. The number of hydrogen-bond donors (Lipinski definition) is 0. The van der Waals surface area contributed by atoms with Crippen LogP contribution in [0.3, 0.4) is 0 Å². The Hall–Kier alpha value is -1.12. The molecule has 1 heterocycles. The average molecular weight is 272 g/mol. The van der Waals surface area contributed by atoms with Crippen molar-refractivity contribution in [2.24, 2.45) is 5.92 Å². The van der Waals surface area contributed by atoms with Gasteiger partial charge >= 0.3 is 0 Å². The Morgan fingerprint density at radius 3 is 2.35 bits per heavy atom. The van der Waals surface area contributed by atoms with Gasteiger partial charge in [0.2, 0.25) is 0 Å². The number of piperazine rings is 1. The second-order valence-electron chi connectivity index (χ2n) is 6.30. The summed E-state index contributed by atoms with van der Waals surface area (Å²) in [6.07, 6.45) is 3.61. The van der Waals surface area contributed by atoms with Gasteiger partial charge in [-0.3, -0.25) is 4.90 Å². The fourth-order valence-electron chi connectivity index (χ4n) is 2.55. The van der Waals surface area contributed by atoms with Gasteiger partial charge in [0.05, 0.1) is 0 Å². The first-order valence-electron chi connectivity index (χ1n) is 7.80. The first-order chi connectivity index (χ1) is 9.65. The van der Waals surface area contributed by atoms with Gasteiger partial charge in [-0.1, -0.05) is 50.3 Å². The van der Waals surface area contributed by atoms with E-state index < -0.39 is 0 Å². The van der Waals surface area contributed by atoms with E-state index in [4.69, 9.17) is 0 Å². The zero-order valence-electron chi connectivity index (χ0n) is 13.2. The Morgan fingerprint density at radius 1 is 1.10 bits per heavy atom. The normalized spacial score (nSPS) is 18.7. The predicted molar refractivity (Wildman–Crippen MR) is 87.8 cm³/mol. The van der Waals surface area contributed by atoms with Crippen molar-refractivity contribution in [2.45, 2.75) is 20.3 Å². The van der Waals surface area contributed by atoms with Crippen LogP contribution >= 0.6 is 0 Å². The van der Waals surface area contributed by atoms with Crippen LogP contribution in [0.1, 0.15) is 25.8 Å². The molecule has 0 N–H and O–H groups in total. The molecule has 1 aromatic carbocycles. The van der Waals surface area contributed by atoms with E-state index in [1.54, 1.807) is 0 Å². The molecule has 110 valence electrons. The van der Waals surface area contributed by atoms with Crippen LogP contribution < -0.4 is 0 Å². The zero-order valence-corrected chi connectivity index (χ0v) is 13.2. The molecule has 2 nitrogen and oxygen atoms in total. The van der Waals surface area contributed by atoms with Crippen molar-refractivity contribution >= 4 is 5.57 Å². The third-order valence-corrected chi connectivity index (χ3v) is 3.97. The van der Waals surface area contributed by atoms with Crippen molar-refractivity contribution in [3.63, 3.8) is 0 Å². The van der Waals surface area contributed by atoms with E-state index in [1.807, 2.05) is 0 Å². The quantitative estimate of drug-likeness (QED) is 0.811. The second kappa shape index (κ2) is 7.61. The summed E-state index contributed by atoms with van der Waals surface area (Å²) in [5.74, 6) is 0.723.